The van der Waals surface area contributed by atoms with Crippen LogP contribution in [0.2, 0.25) is 0 Å². The van der Waals surface area contributed by atoms with Crippen LogP contribution in [0.5, 0.6) is 0 Å². The zero-order valence-electron chi connectivity index (χ0n) is 20.7. The number of hydrogen-bond donors (Lipinski definition) is 2. The number of nitrogens with one attached hydrogen (secondary N) is 1. The summed E-state index contributed by atoms with van der Waals surface area (Å²) in [6.45, 7) is -0.224. The summed E-state index contributed by atoms with van der Waals surface area (Å²) >= 11 is 1.31. The summed E-state index contributed by atoms with van der Waals surface area (Å²) in [6.07, 6.45) is -2.32. The molecule has 0 spiro atoms. The second-order valence-corrected chi connectivity index (χ2v) is 9.92. The summed E-state index contributed by atoms with van der Waals surface area (Å²) in [5.41, 5.74) is -0.603. The quantitative estimate of drug-likeness (QED) is 0.295. The molecule has 2 heterocycles. The van der Waals surface area contributed by atoms with Crippen LogP contribution in [0.25, 0.3) is 0 Å². The highest BCUT2D eigenvalue weighted by atomic mass is 32.1. The highest BCUT2D eigenvalue weighted by Crippen LogP contribution is 2.26. The van der Waals surface area contributed by atoms with Crippen molar-refractivity contribution in [1.29, 1.82) is 0 Å². The van der Waals surface area contributed by atoms with Crippen LogP contribution in [-0.2, 0) is 20.8 Å². The molecule has 2 aromatic carbocycles. The van der Waals surface area contributed by atoms with Crippen molar-refractivity contribution in [3.8, 4) is 0 Å². The predicted octanol–water partition coefficient (Wildman–Crippen LogP) is 3.12. The summed E-state index contributed by atoms with van der Waals surface area (Å²) in [7, 11) is 0. The maximum Gasteiger partial charge on any atom is 0.305 e. The fourth-order valence-corrected chi connectivity index (χ4v) is 5.12. The number of carbonyl (C=O) groups excluding carboxylic acids is 3. The van der Waals surface area contributed by atoms with E-state index in [0.717, 1.165) is 28.0 Å². The fraction of sp³-hybridized carbons (Fsp3) is 0.231. The highest BCUT2D eigenvalue weighted by Gasteiger charge is 2.43. The minimum Gasteiger partial charge on any atom is -0.481 e. The summed E-state index contributed by atoms with van der Waals surface area (Å²) in [6, 6.07) is 9.41. The standard InChI is InChI=1S/C26H22F2N4O7S/c27-17-9-16(10-18(28)12-17)26(37)31-7-6-30(22(33)13-20-5-2-8-40-20)25(31)24(36)29-21(14-23(34)35)15-3-1-4-19(11-15)32(38)39/h1-5,8-12,21,25H,6-7,13-14H2,(H,29,36)(H,34,35). The number of rotatable bonds is 9. The van der Waals surface area contributed by atoms with E-state index >= 15 is 0 Å². The molecule has 208 valence electrons. The third-order valence-electron chi connectivity index (χ3n) is 6.18. The molecule has 1 aromatic heterocycles. The van der Waals surface area contributed by atoms with Gasteiger partial charge in [0.25, 0.3) is 17.5 Å². The summed E-state index contributed by atoms with van der Waals surface area (Å²) < 4.78 is 27.7. The minimum atomic E-state index is -1.58. The lowest BCUT2D eigenvalue weighted by atomic mass is 10.0. The number of halogens is 2. The molecule has 1 fully saturated rings. The maximum atomic E-state index is 13.9. The van der Waals surface area contributed by atoms with Crippen molar-refractivity contribution >= 4 is 40.7 Å². The van der Waals surface area contributed by atoms with Gasteiger partial charge in [0.05, 0.1) is 23.8 Å². The maximum absolute atomic E-state index is 13.9. The lowest BCUT2D eigenvalue weighted by Crippen LogP contribution is -2.54. The van der Waals surface area contributed by atoms with Gasteiger partial charge < -0.3 is 20.2 Å². The molecule has 14 heteroatoms. The van der Waals surface area contributed by atoms with Gasteiger partial charge in [-0.2, -0.15) is 0 Å². The van der Waals surface area contributed by atoms with Crippen molar-refractivity contribution in [1.82, 2.24) is 15.1 Å². The van der Waals surface area contributed by atoms with E-state index in [-0.39, 0.29) is 36.3 Å². The van der Waals surface area contributed by atoms with Crippen LogP contribution in [0.3, 0.4) is 0 Å². The Morgan fingerprint density at radius 3 is 2.38 bits per heavy atom. The van der Waals surface area contributed by atoms with E-state index in [0.29, 0.717) is 10.9 Å². The largest absolute Gasteiger partial charge is 0.481 e. The molecule has 0 radical (unpaired) electrons. The number of carbonyl (C=O) groups is 4. The van der Waals surface area contributed by atoms with Gasteiger partial charge in [0.15, 0.2) is 6.17 Å². The normalized spacial score (nSPS) is 15.5. The molecular formula is C26H22F2N4O7S. The predicted molar refractivity (Wildman–Crippen MR) is 137 cm³/mol. The van der Waals surface area contributed by atoms with Crippen molar-refractivity contribution in [2.45, 2.75) is 25.0 Å². The van der Waals surface area contributed by atoms with Crippen molar-refractivity contribution in [2.75, 3.05) is 13.1 Å². The van der Waals surface area contributed by atoms with E-state index in [1.165, 1.54) is 29.5 Å². The van der Waals surface area contributed by atoms with Crippen molar-refractivity contribution in [2.24, 2.45) is 0 Å². The van der Waals surface area contributed by atoms with Crippen LogP contribution in [-0.4, -0.2) is 62.8 Å². The average Bonchev–Trinajstić information content (AvgIpc) is 3.57. The zero-order valence-corrected chi connectivity index (χ0v) is 21.5. The number of carboxylic acid groups (broad SMARTS) is 1. The summed E-state index contributed by atoms with van der Waals surface area (Å²) in [5, 5.41) is 24.9. The first-order valence-corrected chi connectivity index (χ1v) is 12.8. The number of thiophene rings is 1. The first-order valence-electron chi connectivity index (χ1n) is 11.9. The first kappa shape index (κ1) is 28.3. The third-order valence-corrected chi connectivity index (χ3v) is 7.06. The number of amides is 3. The molecule has 2 atom stereocenters. The number of hydrogen-bond acceptors (Lipinski definition) is 7. The Morgan fingerprint density at radius 1 is 1.05 bits per heavy atom. The van der Waals surface area contributed by atoms with E-state index in [1.54, 1.807) is 17.5 Å². The second-order valence-electron chi connectivity index (χ2n) is 8.88. The molecule has 3 amide bonds. The number of benzene rings is 2. The molecule has 4 rings (SSSR count). The van der Waals surface area contributed by atoms with Crippen LogP contribution in [0.1, 0.15) is 33.3 Å². The molecule has 1 aliphatic heterocycles. The zero-order chi connectivity index (χ0) is 29.0. The molecule has 3 aromatic rings. The lowest BCUT2D eigenvalue weighted by Gasteiger charge is -2.31. The molecule has 1 saturated heterocycles. The molecule has 0 saturated carbocycles. The van der Waals surface area contributed by atoms with Crippen molar-refractivity contribution in [3.63, 3.8) is 0 Å². The van der Waals surface area contributed by atoms with Gasteiger partial charge in [-0.25, -0.2) is 8.78 Å². The van der Waals surface area contributed by atoms with E-state index in [2.05, 4.69) is 5.32 Å². The SMILES string of the molecule is O=C(O)CC(NC(=O)C1N(C(=O)Cc2cccs2)CCN1C(=O)c1cc(F)cc(F)c1)c1cccc([N+](=O)[O-])c1. The number of carboxylic acids is 1. The topological polar surface area (TPSA) is 150 Å². The molecule has 11 nitrogen and oxygen atoms in total. The average molecular weight is 573 g/mol. The van der Waals surface area contributed by atoms with Crippen LogP contribution < -0.4 is 5.32 Å². The molecule has 40 heavy (non-hydrogen) atoms. The first-order chi connectivity index (χ1) is 19.0. The second kappa shape index (κ2) is 12.0. The van der Waals surface area contributed by atoms with Gasteiger partial charge in [-0.1, -0.05) is 18.2 Å². The van der Waals surface area contributed by atoms with Gasteiger partial charge in [-0.05, 0) is 29.1 Å². The van der Waals surface area contributed by atoms with Crippen LogP contribution in [0.15, 0.2) is 60.0 Å². The van der Waals surface area contributed by atoms with Gasteiger partial charge in [0, 0.05) is 41.7 Å². The molecular weight excluding hydrogens is 550 g/mol. The van der Waals surface area contributed by atoms with Gasteiger partial charge in [-0.15, -0.1) is 11.3 Å². The summed E-state index contributed by atoms with van der Waals surface area (Å²) in [4.78, 5) is 65.1. The van der Waals surface area contributed by atoms with Gasteiger partial charge >= 0.3 is 5.97 Å². The van der Waals surface area contributed by atoms with E-state index in [9.17, 15) is 43.2 Å². The summed E-state index contributed by atoms with van der Waals surface area (Å²) in [5.74, 6) is -5.72. The number of aliphatic carboxylic acids is 1. The van der Waals surface area contributed by atoms with Gasteiger partial charge in [0.2, 0.25) is 5.91 Å². The Bertz CT molecular complexity index is 1450. The number of nitrogens with zero attached hydrogens (tertiary/aromatic N) is 3. The number of nitro benzene ring substituents is 1. The highest BCUT2D eigenvalue weighted by molar-refractivity contribution is 7.10. The van der Waals surface area contributed by atoms with E-state index in [1.807, 2.05) is 0 Å². The monoisotopic (exact) mass is 572 g/mol. The molecule has 2 N–H and O–H groups in total. The van der Waals surface area contributed by atoms with Crippen LogP contribution in [0.4, 0.5) is 14.5 Å². The Hall–Kier alpha value is -4.72. The Labute approximate surface area is 229 Å². The molecule has 1 aliphatic rings. The van der Waals surface area contributed by atoms with Crippen molar-refractivity contribution < 1.29 is 38.0 Å². The van der Waals surface area contributed by atoms with E-state index in [4.69, 9.17) is 0 Å². The van der Waals surface area contributed by atoms with Gasteiger partial charge in [0.1, 0.15) is 11.6 Å². The van der Waals surface area contributed by atoms with Crippen LogP contribution in [0, 0.1) is 21.7 Å². The Morgan fingerprint density at radius 2 is 1.75 bits per heavy atom. The number of nitro groups is 1. The smallest absolute Gasteiger partial charge is 0.305 e. The molecule has 2 unspecified atom stereocenters. The van der Waals surface area contributed by atoms with Crippen LogP contribution >= 0.6 is 11.3 Å². The van der Waals surface area contributed by atoms with E-state index < -0.39 is 58.9 Å². The van der Waals surface area contributed by atoms with Gasteiger partial charge in [-0.3, -0.25) is 29.3 Å². The lowest BCUT2D eigenvalue weighted by molar-refractivity contribution is -0.384. The minimum absolute atomic E-state index is 0.0771. The molecule has 0 bridgehead atoms. The van der Waals surface area contributed by atoms with Crippen molar-refractivity contribution in [3.05, 3.63) is 97.7 Å². The molecule has 0 aliphatic carbocycles. The third kappa shape index (κ3) is 6.46. The Balaban J connectivity index is 1.67. The Kier molecular flexibility index (Phi) is 8.48. The fourth-order valence-electron chi connectivity index (χ4n) is 4.42. The number of non-ortho nitro benzene ring substituents is 1.